The normalized spacial score (nSPS) is 11.1. The molecule has 14 heavy (non-hydrogen) atoms. The van der Waals surface area contributed by atoms with Crippen LogP contribution in [0.25, 0.3) is 10.6 Å². The molecule has 0 amide bonds. The molecular weight excluding hydrogens is 216 g/mol. The van der Waals surface area contributed by atoms with Gasteiger partial charge in [-0.2, -0.15) is 0 Å². The molecule has 0 N–H and O–H groups in total. The van der Waals surface area contributed by atoms with Gasteiger partial charge in [0.2, 0.25) is 5.28 Å². The van der Waals surface area contributed by atoms with Crippen molar-refractivity contribution in [2.24, 2.45) is 0 Å². The number of hydrogen-bond donors (Lipinski definition) is 0. The van der Waals surface area contributed by atoms with Gasteiger partial charge in [0.1, 0.15) is 0 Å². The van der Waals surface area contributed by atoms with Crippen LogP contribution < -0.4 is 0 Å². The molecule has 0 saturated carbocycles. The lowest BCUT2D eigenvalue weighted by Gasteiger charge is -2.11. The molecule has 2 rings (SSSR count). The molecule has 0 aliphatic heterocycles. The SMILES string of the molecule is CC(C)n1c(-c2cccs2)cnc1Cl. The maximum absolute atomic E-state index is 6.01. The molecule has 0 unspecified atom stereocenters. The topological polar surface area (TPSA) is 17.8 Å². The first kappa shape index (κ1) is 9.74. The fourth-order valence-corrected chi connectivity index (χ4v) is 2.50. The summed E-state index contributed by atoms with van der Waals surface area (Å²) >= 11 is 7.71. The van der Waals surface area contributed by atoms with Crippen molar-refractivity contribution in [2.75, 3.05) is 0 Å². The van der Waals surface area contributed by atoms with E-state index in [0.29, 0.717) is 11.3 Å². The van der Waals surface area contributed by atoms with Gasteiger partial charge in [0, 0.05) is 6.04 Å². The molecule has 74 valence electrons. The number of rotatable bonds is 2. The Bertz CT molecular complexity index is 417. The van der Waals surface area contributed by atoms with E-state index in [4.69, 9.17) is 11.6 Å². The number of aromatic nitrogens is 2. The largest absolute Gasteiger partial charge is 0.311 e. The van der Waals surface area contributed by atoms with Crippen LogP contribution in [-0.2, 0) is 0 Å². The van der Waals surface area contributed by atoms with E-state index < -0.39 is 0 Å². The second-order valence-electron chi connectivity index (χ2n) is 3.35. The van der Waals surface area contributed by atoms with Gasteiger partial charge in [-0.15, -0.1) is 11.3 Å². The molecule has 0 radical (unpaired) electrons. The molecular formula is C10H11ClN2S. The third kappa shape index (κ3) is 1.57. The molecule has 0 atom stereocenters. The van der Waals surface area contributed by atoms with Gasteiger partial charge in [-0.3, -0.25) is 0 Å². The Labute approximate surface area is 92.2 Å². The van der Waals surface area contributed by atoms with E-state index in [0.717, 1.165) is 5.69 Å². The molecule has 0 fully saturated rings. The average Bonchev–Trinajstić information content (AvgIpc) is 2.70. The van der Waals surface area contributed by atoms with Gasteiger partial charge < -0.3 is 4.57 Å². The lowest BCUT2D eigenvalue weighted by Crippen LogP contribution is -2.01. The van der Waals surface area contributed by atoms with Gasteiger partial charge in [0.05, 0.1) is 16.8 Å². The summed E-state index contributed by atoms with van der Waals surface area (Å²) in [7, 11) is 0. The summed E-state index contributed by atoms with van der Waals surface area (Å²) in [5.41, 5.74) is 1.10. The summed E-state index contributed by atoms with van der Waals surface area (Å²) in [4.78, 5) is 5.34. The molecule has 0 spiro atoms. The van der Waals surface area contributed by atoms with Gasteiger partial charge in [0.25, 0.3) is 0 Å². The number of nitrogens with zero attached hydrogens (tertiary/aromatic N) is 2. The number of thiophene rings is 1. The number of hydrogen-bond acceptors (Lipinski definition) is 2. The average molecular weight is 227 g/mol. The molecule has 2 aromatic heterocycles. The summed E-state index contributed by atoms with van der Waals surface area (Å²) in [6, 6.07) is 4.45. The zero-order valence-corrected chi connectivity index (χ0v) is 9.64. The van der Waals surface area contributed by atoms with Crippen molar-refractivity contribution in [3.8, 4) is 10.6 Å². The van der Waals surface area contributed by atoms with Crippen molar-refractivity contribution in [3.05, 3.63) is 29.0 Å². The van der Waals surface area contributed by atoms with Crippen LogP contribution in [0.3, 0.4) is 0 Å². The Hall–Kier alpha value is -0.800. The van der Waals surface area contributed by atoms with Gasteiger partial charge in [0.15, 0.2) is 0 Å². The van der Waals surface area contributed by atoms with E-state index in [1.807, 2.05) is 16.8 Å². The van der Waals surface area contributed by atoms with Crippen LogP contribution in [0.5, 0.6) is 0 Å². The molecule has 2 heterocycles. The van der Waals surface area contributed by atoms with E-state index in [1.165, 1.54) is 4.88 Å². The highest BCUT2D eigenvalue weighted by Crippen LogP contribution is 2.29. The van der Waals surface area contributed by atoms with Crippen molar-refractivity contribution < 1.29 is 0 Å². The standard InChI is InChI=1S/C10H11ClN2S/c1-7(2)13-8(6-12-10(13)11)9-4-3-5-14-9/h3-7H,1-2H3. The Balaban J connectivity index is 2.54. The number of imidazole rings is 1. The van der Waals surface area contributed by atoms with Crippen LogP contribution >= 0.6 is 22.9 Å². The van der Waals surface area contributed by atoms with Crippen molar-refractivity contribution in [1.82, 2.24) is 9.55 Å². The van der Waals surface area contributed by atoms with Crippen molar-refractivity contribution in [2.45, 2.75) is 19.9 Å². The molecule has 4 heteroatoms. The first-order valence-corrected chi connectivity index (χ1v) is 5.72. The van der Waals surface area contributed by atoms with Crippen molar-refractivity contribution in [1.29, 1.82) is 0 Å². The molecule has 0 saturated heterocycles. The maximum Gasteiger partial charge on any atom is 0.203 e. The summed E-state index contributed by atoms with van der Waals surface area (Å²) in [5, 5.41) is 2.62. The highest BCUT2D eigenvalue weighted by molar-refractivity contribution is 7.13. The van der Waals surface area contributed by atoms with Crippen LogP contribution in [0.4, 0.5) is 0 Å². The van der Waals surface area contributed by atoms with E-state index in [-0.39, 0.29) is 0 Å². The summed E-state index contributed by atoms with van der Waals surface area (Å²) < 4.78 is 2.04. The summed E-state index contributed by atoms with van der Waals surface area (Å²) in [6.07, 6.45) is 1.83. The second kappa shape index (κ2) is 3.75. The molecule has 0 aromatic carbocycles. The van der Waals surface area contributed by atoms with Gasteiger partial charge in [-0.1, -0.05) is 6.07 Å². The molecule has 0 aliphatic rings. The van der Waals surface area contributed by atoms with E-state index in [9.17, 15) is 0 Å². The Morgan fingerprint density at radius 1 is 1.50 bits per heavy atom. The van der Waals surface area contributed by atoms with Crippen LogP contribution in [-0.4, -0.2) is 9.55 Å². The second-order valence-corrected chi connectivity index (χ2v) is 4.64. The van der Waals surface area contributed by atoms with Gasteiger partial charge >= 0.3 is 0 Å². The predicted octanol–water partition coefficient (Wildman–Crippen LogP) is 3.85. The lowest BCUT2D eigenvalue weighted by atomic mass is 10.3. The first-order valence-electron chi connectivity index (χ1n) is 4.46. The minimum Gasteiger partial charge on any atom is -0.311 e. The number of halogens is 1. The first-order chi connectivity index (χ1) is 6.70. The van der Waals surface area contributed by atoms with E-state index in [1.54, 1.807) is 11.3 Å². The molecule has 0 bridgehead atoms. The van der Waals surface area contributed by atoms with Crippen molar-refractivity contribution >= 4 is 22.9 Å². The van der Waals surface area contributed by atoms with Crippen LogP contribution in [0.2, 0.25) is 5.28 Å². The highest BCUT2D eigenvalue weighted by atomic mass is 35.5. The molecule has 0 aliphatic carbocycles. The van der Waals surface area contributed by atoms with E-state index >= 15 is 0 Å². The Morgan fingerprint density at radius 3 is 2.86 bits per heavy atom. The summed E-state index contributed by atoms with van der Waals surface area (Å²) in [5.74, 6) is 0. The third-order valence-electron chi connectivity index (χ3n) is 2.04. The zero-order chi connectivity index (χ0) is 10.1. The Morgan fingerprint density at radius 2 is 2.29 bits per heavy atom. The van der Waals surface area contributed by atoms with Gasteiger partial charge in [-0.25, -0.2) is 4.98 Å². The van der Waals surface area contributed by atoms with Crippen LogP contribution in [0.15, 0.2) is 23.7 Å². The van der Waals surface area contributed by atoms with Crippen LogP contribution in [0.1, 0.15) is 19.9 Å². The maximum atomic E-state index is 6.01. The lowest BCUT2D eigenvalue weighted by molar-refractivity contribution is 0.607. The minimum atomic E-state index is 0.335. The van der Waals surface area contributed by atoms with Gasteiger partial charge in [-0.05, 0) is 36.9 Å². The third-order valence-corrected chi connectivity index (χ3v) is 3.21. The smallest absolute Gasteiger partial charge is 0.203 e. The monoisotopic (exact) mass is 226 g/mol. The van der Waals surface area contributed by atoms with Crippen LogP contribution in [0, 0.1) is 0 Å². The van der Waals surface area contributed by atoms with Crippen molar-refractivity contribution in [3.63, 3.8) is 0 Å². The molecule has 2 nitrogen and oxygen atoms in total. The quantitative estimate of drug-likeness (QED) is 0.761. The zero-order valence-electron chi connectivity index (χ0n) is 8.07. The minimum absolute atomic E-state index is 0.335. The predicted molar refractivity (Wildman–Crippen MR) is 60.9 cm³/mol. The Kier molecular flexibility index (Phi) is 2.61. The highest BCUT2D eigenvalue weighted by Gasteiger charge is 2.12. The fourth-order valence-electron chi connectivity index (χ4n) is 1.44. The molecule has 2 aromatic rings. The fraction of sp³-hybridized carbons (Fsp3) is 0.300. The van der Waals surface area contributed by atoms with E-state index in [2.05, 4.69) is 30.3 Å². The summed E-state index contributed by atoms with van der Waals surface area (Å²) in [6.45, 7) is 4.20.